The predicted octanol–water partition coefficient (Wildman–Crippen LogP) is -1.60. The summed E-state index contributed by atoms with van der Waals surface area (Å²) in [5, 5.41) is 3.85. The van der Waals surface area contributed by atoms with Gasteiger partial charge in [0.25, 0.3) is 0 Å². The van der Waals surface area contributed by atoms with Crippen molar-refractivity contribution >= 4 is 0 Å². The van der Waals surface area contributed by atoms with Crippen LogP contribution in [0.15, 0.2) is 0 Å². The van der Waals surface area contributed by atoms with Gasteiger partial charge < -0.3 is 5.32 Å². The van der Waals surface area contributed by atoms with E-state index in [1.165, 1.54) is 6.42 Å². The molecule has 0 aliphatic carbocycles. The molecule has 0 N–H and O–H groups in total. The summed E-state index contributed by atoms with van der Waals surface area (Å²) in [5.41, 5.74) is 0. The van der Waals surface area contributed by atoms with Crippen molar-refractivity contribution in [3.63, 3.8) is 0 Å². The van der Waals surface area contributed by atoms with Crippen molar-refractivity contribution in [2.24, 2.45) is 0 Å². The first-order chi connectivity index (χ1) is 2.41. The van der Waals surface area contributed by atoms with Gasteiger partial charge in [0.05, 0.1) is 0 Å². The Labute approximate surface area is 51.7 Å². The first kappa shape index (κ1) is 9.75. The van der Waals surface area contributed by atoms with E-state index in [-0.39, 0.29) is 18.9 Å². The molecule has 0 radical (unpaired) electrons. The normalized spacial score (nSPS) is 7.00. The summed E-state index contributed by atoms with van der Waals surface area (Å²) in [7, 11) is 1.84. The van der Waals surface area contributed by atoms with Crippen molar-refractivity contribution in [1.82, 2.24) is 0 Å². The zero-order valence-corrected chi connectivity index (χ0v) is 4.86. The van der Waals surface area contributed by atoms with Crippen molar-refractivity contribution in [2.75, 3.05) is 13.6 Å². The number of hydrogen-bond donors (Lipinski definition) is 0. The smallest absolute Gasteiger partial charge is 0.665 e. The van der Waals surface area contributed by atoms with Crippen molar-refractivity contribution in [3.05, 3.63) is 5.32 Å². The molecule has 0 aliphatic rings. The second-order valence-corrected chi connectivity index (χ2v) is 1.04. The molecule has 2 heteroatoms. The first-order valence-electron chi connectivity index (χ1n) is 1.97. The molecule has 0 atom stereocenters. The molecule has 0 heterocycles. The second kappa shape index (κ2) is 9.12. The SMILES string of the molecule is CCC[N-]C.[Li+]. The van der Waals surface area contributed by atoms with E-state index in [0.29, 0.717) is 0 Å². The van der Waals surface area contributed by atoms with Crippen LogP contribution in [0, 0.1) is 0 Å². The fraction of sp³-hybridized carbons (Fsp3) is 1.00. The third-order valence-electron chi connectivity index (χ3n) is 0.447. The molecule has 0 amide bonds. The fourth-order valence-electron chi connectivity index (χ4n) is 0.224. The molecule has 1 nitrogen and oxygen atoms in total. The van der Waals surface area contributed by atoms with E-state index in [0.717, 1.165) is 6.54 Å². The Kier molecular flexibility index (Phi) is 14.8. The molecule has 0 fully saturated rings. The van der Waals surface area contributed by atoms with Gasteiger partial charge in [0.15, 0.2) is 0 Å². The van der Waals surface area contributed by atoms with Crippen molar-refractivity contribution in [3.8, 4) is 0 Å². The third-order valence-corrected chi connectivity index (χ3v) is 0.447. The Balaban J connectivity index is 0. The average molecular weight is 79.1 g/mol. The maximum Gasteiger partial charge on any atom is 1.00 e. The van der Waals surface area contributed by atoms with E-state index >= 15 is 0 Å². The topological polar surface area (TPSA) is 14.1 Å². The summed E-state index contributed by atoms with van der Waals surface area (Å²) in [6.07, 6.45) is 1.18. The molecule has 6 heavy (non-hydrogen) atoms. The Morgan fingerprint density at radius 3 is 2.00 bits per heavy atom. The summed E-state index contributed by atoms with van der Waals surface area (Å²) < 4.78 is 0. The predicted molar refractivity (Wildman–Crippen MR) is 24.4 cm³/mol. The molecular formula is C4H10LiN. The van der Waals surface area contributed by atoms with Crippen LogP contribution >= 0.6 is 0 Å². The largest absolute Gasteiger partial charge is 1.00 e. The second-order valence-electron chi connectivity index (χ2n) is 1.04. The minimum atomic E-state index is 0. The van der Waals surface area contributed by atoms with Gasteiger partial charge in [-0.25, -0.2) is 0 Å². The minimum absolute atomic E-state index is 0. The molecule has 0 rings (SSSR count). The van der Waals surface area contributed by atoms with Crippen LogP contribution in [0.1, 0.15) is 13.3 Å². The fourth-order valence-corrected chi connectivity index (χ4v) is 0.224. The average Bonchev–Trinajstić information content (AvgIpc) is 1.41. The Morgan fingerprint density at radius 2 is 2.00 bits per heavy atom. The van der Waals surface area contributed by atoms with Crippen LogP contribution in [-0.4, -0.2) is 13.6 Å². The zero-order valence-electron chi connectivity index (χ0n) is 4.86. The summed E-state index contributed by atoms with van der Waals surface area (Å²) in [5.74, 6) is 0. The molecule has 0 aromatic carbocycles. The van der Waals surface area contributed by atoms with Gasteiger partial charge in [0, 0.05) is 0 Å². The van der Waals surface area contributed by atoms with Gasteiger partial charge in [-0.15, -0.1) is 6.54 Å². The summed E-state index contributed by atoms with van der Waals surface area (Å²) in [4.78, 5) is 0. The van der Waals surface area contributed by atoms with Gasteiger partial charge in [-0.2, -0.15) is 7.05 Å². The summed E-state index contributed by atoms with van der Waals surface area (Å²) in [6.45, 7) is 3.13. The van der Waals surface area contributed by atoms with E-state index in [9.17, 15) is 0 Å². The third kappa shape index (κ3) is 8.82. The number of nitrogens with zero attached hydrogens (tertiary/aromatic N) is 1. The minimum Gasteiger partial charge on any atom is -0.665 e. The van der Waals surface area contributed by atoms with E-state index < -0.39 is 0 Å². The van der Waals surface area contributed by atoms with Crippen LogP contribution in [0.5, 0.6) is 0 Å². The van der Waals surface area contributed by atoms with Crippen LogP contribution in [-0.2, 0) is 0 Å². The van der Waals surface area contributed by atoms with Crippen LogP contribution in [0.3, 0.4) is 0 Å². The van der Waals surface area contributed by atoms with Crippen molar-refractivity contribution < 1.29 is 18.9 Å². The molecule has 0 saturated carbocycles. The van der Waals surface area contributed by atoms with Crippen molar-refractivity contribution in [2.45, 2.75) is 13.3 Å². The maximum absolute atomic E-state index is 3.85. The zero-order chi connectivity index (χ0) is 4.12. The first-order valence-corrected chi connectivity index (χ1v) is 1.97. The van der Waals surface area contributed by atoms with Crippen LogP contribution in [0.4, 0.5) is 0 Å². The van der Waals surface area contributed by atoms with Gasteiger partial charge in [0.1, 0.15) is 0 Å². The molecule has 32 valence electrons. The summed E-state index contributed by atoms with van der Waals surface area (Å²) >= 11 is 0. The Hall–Kier alpha value is 0.557. The van der Waals surface area contributed by atoms with Gasteiger partial charge in [-0.05, 0) is 0 Å². The molecular weight excluding hydrogens is 69.0 g/mol. The molecule has 0 spiro atoms. The van der Waals surface area contributed by atoms with Crippen LogP contribution in [0.25, 0.3) is 5.32 Å². The van der Waals surface area contributed by atoms with Gasteiger partial charge in [-0.3, -0.25) is 0 Å². The molecule has 0 unspecified atom stereocenters. The number of rotatable bonds is 2. The van der Waals surface area contributed by atoms with Crippen LogP contribution < -0.4 is 18.9 Å². The van der Waals surface area contributed by atoms with Gasteiger partial charge >= 0.3 is 18.9 Å². The maximum atomic E-state index is 3.85. The molecule has 0 bridgehead atoms. The monoisotopic (exact) mass is 79.1 g/mol. The van der Waals surface area contributed by atoms with E-state index in [4.69, 9.17) is 0 Å². The van der Waals surface area contributed by atoms with Crippen molar-refractivity contribution in [1.29, 1.82) is 0 Å². The summed E-state index contributed by atoms with van der Waals surface area (Å²) in [6, 6.07) is 0. The van der Waals surface area contributed by atoms with E-state index in [1.54, 1.807) is 0 Å². The Bertz CT molecular complexity index is 15.0. The Morgan fingerprint density at radius 1 is 1.50 bits per heavy atom. The molecule has 0 aliphatic heterocycles. The van der Waals surface area contributed by atoms with Crippen LogP contribution in [0.2, 0.25) is 0 Å². The molecule has 0 saturated heterocycles. The van der Waals surface area contributed by atoms with E-state index in [1.807, 2.05) is 7.05 Å². The molecule has 0 aromatic heterocycles. The number of hydrogen-bond acceptors (Lipinski definition) is 0. The van der Waals surface area contributed by atoms with Gasteiger partial charge in [0.2, 0.25) is 0 Å². The standard InChI is InChI=1S/C4H10N.Li/c1-3-4-5-2;/h3-4H2,1-2H3;/q-1;+1. The van der Waals surface area contributed by atoms with Gasteiger partial charge in [-0.1, -0.05) is 13.3 Å². The quantitative estimate of drug-likeness (QED) is 0.354. The molecule has 0 aromatic rings. The van der Waals surface area contributed by atoms with E-state index in [2.05, 4.69) is 12.2 Å².